The lowest BCUT2D eigenvalue weighted by Crippen LogP contribution is -2.60. The SMILES string of the molecule is CCCCCCC/C=C\C/C=C\CCCCCCCCCCCCCC(=O)OC(COC(=O)CCCCCCCCCCCCCC)COC1OC(CS(=O)(=O)O)C(O)C(O)C1O. The molecule has 1 fully saturated rings. The molecule has 1 saturated heterocycles. The summed E-state index contributed by atoms with van der Waals surface area (Å²) in [6, 6.07) is 0. The molecule has 0 aromatic carbocycles. The lowest BCUT2D eigenvalue weighted by molar-refractivity contribution is -0.297. The standard InChI is InChI=1S/C50H92O12S/c1-3-5-7-9-11-13-15-17-18-19-20-21-22-23-24-25-26-27-29-31-33-35-37-39-46(52)61-43(41-60-50-49(55)48(54)47(53)44(62-50)42-63(56,57)58)40-59-45(51)38-36-34-32-30-28-16-14-12-10-8-6-4-2/h15,17,19-20,43-44,47-50,53-55H,3-14,16,18,21-42H2,1-2H3,(H,56,57,58)/b17-15-,20-19-. The highest BCUT2D eigenvalue weighted by atomic mass is 32.2. The Bertz CT molecular complexity index is 1260. The van der Waals surface area contributed by atoms with Crippen molar-refractivity contribution in [1.29, 1.82) is 0 Å². The molecule has 4 N–H and O–H groups in total. The van der Waals surface area contributed by atoms with Crippen molar-refractivity contribution < 1.29 is 56.8 Å². The third kappa shape index (κ3) is 35.1. The van der Waals surface area contributed by atoms with Gasteiger partial charge in [-0.3, -0.25) is 14.1 Å². The second kappa shape index (κ2) is 40.4. The van der Waals surface area contributed by atoms with Crippen LogP contribution >= 0.6 is 0 Å². The van der Waals surface area contributed by atoms with Crippen molar-refractivity contribution in [3.05, 3.63) is 24.3 Å². The molecule has 0 aliphatic carbocycles. The van der Waals surface area contributed by atoms with Crippen LogP contribution in [0.3, 0.4) is 0 Å². The Kier molecular flexibility index (Phi) is 37.9. The maximum atomic E-state index is 12.9. The van der Waals surface area contributed by atoms with Gasteiger partial charge in [-0.2, -0.15) is 8.42 Å². The number of carbonyl (C=O) groups is 2. The highest BCUT2D eigenvalue weighted by molar-refractivity contribution is 7.85. The van der Waals surface area contributed by atoms with Gasteiger partial charge in [0.25, 0.3) is 10.1 Å². The van der Waals surface area contributed by atoms with E-state index >= 15 is 0 Å². The Balaban J connectivity index is 2.34. The molecular weight excluding hydrogens is 825 g/mol. The minimum absolute atomic E-state index is 0.165. The number of hydrogen-bond acceptors (Lipinski definition) is 11. The molecule has 1 rings (SSSR count). The molecule has 6 unspecified atom stereocenters. The van der Waals surface area contributed by atoms with Gasteiger partial charge in [-0.1, -0.05) is 192 Å². The minimum Gasteiger partial charge on any atom is -0.462 e. The zero-order valence-corrected chi connectivity index (χ0v) is 40.5. The maximum Gasteiger partial charge on any atom is 0.306 e. The van der Waals surface area contributed by atoms with Crippen LogP contribution in [0.4, 0.5) is 0 Å². The predicted molar refractivity (Wildman–Crippen MR) is 252 cm³/mol. The number of rotatable bonds is 43. The molecular formula is C50H92O12S. The zero-order valence-electron chi connectivity index (χ0n) is 39.7. The highest BCUT2D eigenvalue weighted by Gasteiger charge is 2.46. The first kappa shape index (κ1) is 59.1. The number of ether oxygens (including phenoxy) is 4. The molecule has 12 nitrogen and oxygen atoms in total. The van der Waals surface area contributed by atoms with E-state index in [9.17, 15) is 37.9 Å². The molecule has 0 radical (unpaired) electrons. The first-order valence-electron chi connectivity index (χ1n) is 25.4. The third-order valence-electron chi connectivity index (χ3n) is 11.8. The van der Waals surface area contributed by atoms with E-state index in [0.717, 1.165) is 44.9 Å². The molecule has 0 saturated carbocycles. The van der Waals surface area contributed by atoms with E-state index in [0.29, 0.717) is 12.8 Å². The van der Waals surface area contributed by atoms with Crippen molar-refractivity contribution in [3.8, 4) is 0 Å². The average molecular weight is 917 g/mol. The fraction of sp³-hybridized carbons (Fsp3) is 0.880. The third-order valence-corrected chi connectivity index (χ3v) is 12.5. The molecule has 6 atom stereocenters. The van der Waals surface area contributed by atoms with E-state index < -0.39 is 71.2 Å². The van der Waals surface area contributed by atoms with Crippen molar-refractivity contribution in [3.63, 3.8) is 0 Å². The van der Waals surface area contributed by atoms with Gasteiger partial charge in [0, 0.05) is 12.8 Å². The Labute approximate surface area is 383 Å². The molecule has 370 valence electrons. The molecule has 1 heterocycles. The minimum atomic E-state index is -4.60. The van der Waals surface area contributed by atoms with Gasteiger partial charge in [0.2, 0.25) is 0 Å². The summed E-state index contributed by atoms with van der Waals surface area (Å²) in [7, 11) is -4.60. The first-order chi connectivity index (χ1) is 30.5. The van der Waals surface area contributed by atoms with Gasteiger partial charge in [0.05, 0.1) is 6.61 Å². The van der Waals surface area contributed by atoms with Crippen molar-refractivity contribution in [1.82, 2.24) is 0 Å². The Morgan fingerprint density at radius 3 is 1.40 bits per heavy atom. The summed E-state index contributed by atoms with van der Waals surface area (Å²) in [5.41, 5.74) is 0. The monoisotopic (exact) mass is 917 g/mol. The smallest absolute Gasteiger partial charge is 0.306 e. The van der Waals surface area contributed by atoms with Crippen LogP contribution in [0.15, 0.2) is 24.3 Å². The molecule has 63 heavy (non-hydrogen) atoms. The van der Waals surface area contributed by atoms with Gasteiger partial charge >= 0.3 is 11.9 Å². The second-order valence-electron chi connectivity index (χ2n) is 17.8. The zero-order chi connectivity index (χ0) is 46.2. The lowest BCUT2D eigenvalue weighted by atomic mass is 10.00. The molecule has 13 heteroatoms. The van der Waals surface area contributed by atoms with Crippen LogP contribution in [0.2, 0.25) is 0 Å². The van der Waals surface area contributed by atoms with Crippen LogP contribution < -0.4 is 0 Å². The number of carbonyl (C=O) groups excluding carboxylic acids is 2. The van der Waals surface area contributed by atoms with E-state index in [-0.39, 0.29) is 19.4 Å². The largest absolute Gasteiger partial charge is 0.462 e. The van der Waals surface area contributed by atoms with Gasteiger partial charge in [-0.05, 0) is 44.9 Å². The van der Waals surface area contributed by atoms with Crippen molar-refractivity contribution in [2.75, 3.05) is 19.0 Å². The Hall–Kier alpha value is -1.87. The topological polar surface area (TPSA) is 186 Å². The molecule has 0 bridgehead atoms. The maximum absolute atomic E-state index is 12.9. The van der Waals surface area contributed by atoms with Gasteiger partial charge in [-0.25, -0.2) is 0 Å². The highest BCUT2D eigenvalue weighted by Crippen LogP contribution is 2.24. The van der Waals surface area contributed by atoms with Gasteiger partial charge < -0.3 is 34.3 Å². The van der Waals surface area contributed by atoms with Gasteiger partial charge in [0.1, 0.15) is 36.8 Å². The Morgan fingerprint density at radius 1 is 0.540 bits per heavy atom. The number of hydrogen-bond donors (Lipinski definition) is 4. The van der Waals surface area contributed by atoms with Crippen LogP contribution in [-0.2, 0) is 38.7 Å². The second-order valence-corrected chi connectivity index (χ2v) is 19.3. The summed E-state index contributed by atoms with van der Waals surface area (Å²) in [6.45, 7) is 3.77. The summed E-state index contributed by atoms with van der Waals surface area (Å²) in [4.78, 5) is 25.5. The summed E-state index contributed by atoms with van der Waals surface area (Å²) >= 11 is 0. The fourth-order valence-electron chi connectivity index (χ4n) is 7.83. The van der Waals surface area contributed by atoms with Crippen LogP contribution in [0.5, 0.6) is 0 Å². The predicted octanol–water partition coefficient (Wildman–Crippen LogP) is 11.2. The number of unbranched alkanes of at least 4 members (excludes halogenated alkanes) is 27. The van der Waals surface area contributed by atoms with Crippen LogP contribution in [0.25, 0.3) is 0 Å². The van der Waals surface area contributed by atoms with Crippen molar-refractivity contribution in [2.24, 2.45) is 0 Å². The van der Waals surface area contributed by atoms with Gasteiger partial charge in [0.15, 0.2) is 12.4 Å². The molecule has 0 amide bonds. The van der Waals surface area contributed by atoms with E-state index in [1.54, 1.807) is 0 Å². The number of esters is 2. The van der Waals surface area contributed by atoms with Crippen molar-refractivity contribution >= 4 is 22.1 Å². The van der Waals surface area contributed by atoms with E-state index in [1.807, 2.05) is 0 Å². The normalized spacial score (nSPS) is 19.9. The van der Waals surface area contributed by atoms with Crippen molar-refractivity contribution in [2.45, 2.75) is 263 Å². The summed E-state index contributed by atoms with van der Waals surface area (Å²) in [6.07, 6.45) is 36.5. The quantitative estimate of drug-likeness (QED) is 0.0197. The van der Waals surface area contributed by atoms with E-state index in [2.05, 4.69) is 38.2 Å². The number of aliphatic hydroxyl groups is 3. The Morgan fingerprint density at radius 2 is 0.952 bits per heavy atom. The summed E-state index contributed by atoms with van der Waals surface area (Å²) in [5, 5.41) is 30.9. The first-order valence-corrected chi connectivity index (χ1v) is 27.0. The lowest BCUT2D eigenvalue weighted by Gasteiger charge is -2.40. The van der Waals surface area contributed by atoms with Crippen LogP contribution in [0, 0.1) is 0 Å². The number of aliphatic hydroxyl groups excluding tert-OH is 3. The van der Waals surface area contributed by atoms with Gasteiger partial charge in [-0.15, -0.1) is 0 Å². The average Bonchev–Trinajstić information content (AvgIpc) is 3.25. The van der Waals surface area contributed by atoms with E-state index in [4.69, 9.17) is 18.9 Å². The fourth-order valence-corrected chi connectivity index (χ4v) is 8.52. The molecule has 1 aliphatic heterocycles. The molecule has 0 aromatic heterocycles. The van der Waals surface area contributed by atoms with E-state index in [1.165, 1.54) is 141 Å². The molecule has 1 aliphatic rings. The summed E-state index contributed by atoms with van der Waals surface area (Å²) < 4.78 is 54.2. The van der Waals surface area contributed by atoms with Crippen LogP contribution in [-0.4, -0.2) is 96.0 Å². The summed E-state index contributed by atoms with van der Waals surface area (Å²) in [5.74, 6) is -1.97. The molecule has 0 aromatic rings. The number of allylic oxidation sites excluding steroid dienone is 4. The molecule has 0 spiro atoms. The van der Waals surface area contributed by atoms with Crippen LogP contribution in [0.1, 0.15) is 226 Å².